The minimum Gasteiger partial charge on any atom is -0.484 e. The average Bonchev–Trinajstić information content (AvgIpc) is 2.48. The van der Waals surface area contributed by atoms with Crippen LogP contribution in [-0.2, 0) is 11.2 Å². The molecular formula is C16H18N2O3. The van der Waals surface area contributed by atoms with Gasteiger partial charge in [-0.2, -0.15) is 0 Å². The average molecular weight is 286 g/mol. The molecule has 110 valence electrons. The minimum absolute atomic E-state index is 0.0815. The standard InChI is InChI=1S/C16H18N2O3/c17-13-2-1-3-15(10-13)21-11-16(20)18-14-6-4-12(5-7-14)8-9-19/h1-7,10,19H,8-9,11,17H2,(H,18,20). The van der Waals surface area contributed by atoms with Gasteiger partial charge in [-0.3, -0.25) is 4.79 Å². The number of nitrogens with two attached hydrogens (primary N) is 1. The molecule has 0 spiro atoms. The molecule has 1 amide bonds. The first kappa shape index (κ1) is 14.9. The van der Waals surface area contributed by atoms with E-state index in [1.54, 1.807) is 36.4 Å². The van der Waals surface area contributed by atoms with Crippen molar-refractivity contribution in [2.75, 3.05) is 24.3 Å². The fourth-order valence-electron chi connectivity index (χ4n) is 1.83. The number of aliphatic hydroxyl groups is 1. The number of carbonyl (C=O) groups excluding carboxylic acids is 1. The van der Waals surface area contributed by atoms with Crippen LogP contribution in [-0.4, -0.2) is 24.2 Å². The van der Waals surface area contributed by atoms with Crippen molar-refractivity contribution in [3.63, 3.8) is 0 Å². The summed E-state index contributed by atoms with van der Waals surface area (Å²) in [6, 6.07) is 14.2. The fourth-order valence-corrected chi connectivity index (χ4v) is 1.83. The summed E-state index contributed by atoms with van der Waals surface area (Å²) in [6.45, 7) is 0.0294. The number of hydrogen-bond acceptors (Lipinski definition) is 4. The lowest BCUT2D eigenvalue weighted by Crippen LogP contribution is -2.20. The van der Waals surface area contributed by atoms with Gasteiger partial charge in [0, 0.05) is 24.0 Å². The molecule has 0 aliphatic rings. The largest absolute Gasteiger partial charge is 0.484 e. The maximum absolute atomic E-state index is 11.8. The number of nitrogen functional groups attached to an aromatic ring is 1. The van der Waals surface area contributed by atoms with Crippen molar-refractivity contribution in [2.24, 2.45) is 0 Å². The molecule has 5 nitrogen and oxygen atoms in total. The Labute approximate surface area is 123 Å². The van der Waals surface area contributed by atoms with Gasteiger partial charge in [-0.05, 0) is 36.2 Å². The highest BCUT2D eigenvalue weighted by Crippen LogP contribution is 2.14. The Morgan fingerprint density at radius 2 is 1.95 bits per heavy atom. The number of aliphatic hydroxyl groups excluding tert-OH is 1. The van der Waals surface area contributed by atoms with Crippen LogP contribution < -0.4 is 15.8 Å². The zero-order valence-electron chi connectivity index (χ0n) is 11.6. The lowest BCUT2D eigenvalue weighted by atomic mass is 10.1. The molecule has 2 aromatic rings. The summed E-state index contributed by atoms with van der Waals surface area (Å²) in [5.41, 5.74) is 7.93. The van der Waals surface area contributed by atoms with Gasteiger partial charge in [-0.1, -0.05) is 18.2 Å². The third-order valence-electron chi connectivity index (χ3n) is 2.87. The maximum Gasteiger partial charge on any atom is 0.262 e. The second kappa shape index (κ2) is 7.31. The van der Waals surface area contributed by atoms with Crippen LogP contribution in [0.25, 0.3) is 0 Å². The highest BCUT2D eigenvalue weighted by molar-refractivity contribution is 5.91. The number of carbonyl (C=O) groups is 1. The molecule has 21 heavy (non-hydrogen) atoms. The normalized spacial score (nSPS) is 10.1. The van der Waals surface area contributed by atoms with E-state index in [-0.39, 0.29) is 19.1 Å². The van der Waals surface area contributed by atoms with Crippen LogP contribution in [0.5, 0.6) is 5.75 Å². The van der Waals surface area contributed by atoms with Crippen LogP contribution in [0.2, 0.25) is 0 Å². The molecule has 4 N–H and O–H groups in total. The van der Waals surface area contributed by atoms with Crippen LogP contribution in [0, 0.1) is 0 Å². The van der Waals surface area contributed by atoms with E-state index in [4.69, 9.17) is 15.6 Å². The first-order valence-corrected chi connectivity index (χ1v) is 6.65. The third-order valence-corrected chi connectivity index (χ3v) is 2.87. The number of amides is 1. The summed E-state index contributed by atoms with van der Waals surface area (Å²) in [5, 5.41) is 11.6. The minimum atomic E-state index is -0.243. The lowest BCUT2D eigenvalue weighted by Gasteiger charge is -2.08. The van der Waals surface area contributed by atoms with E-state index in [0.29, 0.717) is 23.5 Å². The van der Waals surface area contributed by atoms with E-state index < -0.39 is 0 Å². The lowest BCUT2D eigenvalue weighted by molar-refractivity contribution is -0.118. The third kappa shape index (κ3) is 4.81. The van der Waals surface area contributed by atoms with Crippen molar-refractivity contribution in [2.45, 2.75) is 6.42 Å². The van der Waals surface area contributed by atoms with Crippen LogP contribution in [0.3, 0.4) is 0 Å². The van der Waals surface area contributed by atoms with Crippen molar-refractivity contribution in [1.29, 1.82) is 0 Å². The maximum atomic E-state index is 11.8. The predicted octanol–water partition coefficient (Wildman–Crippen LogP) is 1.82. The van der Waals surface area contributed by atoms with Gasteiger partial charge in [0.1, 0.15) is 5.75 Å². The van der Waals surface area contributed by atoms with Crippen LogP contribution in [0.4, 0.5) is 11.4 Å². The number of benzene rings is 2. The molecule has 0 saturated heterocycles. The molecule has 5 heteroatoms. The number of hydrogen-bond donors (Lipinski definition) is 3. The number of nitrogens with one attached hydrogen (secondary N) is 1. The van der Waals surface area contributed by atoms with Gasteiger partial charge in [-0.25, -0.2) is 0 Å². The van der Waals surface area contributed by atoms with E-state index in [1.165, 1.54) is 0 Å². The molecular weight excluding hydrogens is 268 g/mol. The SMILES string of the molecule is Nc1cccc(OCC(=O)Nc2ccc(CCO)cc2)c1. The zero-order chi connectivity index (χ0) is 15.1. The molecule has 0 unspecified atom stereocenters. The summed E-state index contributed by atoms with van der Waals surface area (Å²) in [6.07, 6.45) is 0.604. The molecule has 0 atom stereocenters. The smallest absolute Gasteiger partial charge is 0.262 e. The van der Waals surface area contributed by atoms with Gasteiger partial charge >= 0.3 is 0 Å². The van der Waals surface area contributed by atoms with E-state index >= 15 is 0 Å². The first-order chi connectivity index (χ1) is 10.2. The second-order valence-corrected chi connectivity index (χ2v) is 4.58. The summed E-state index contributed by atoms with van der Waals surface area (Å²) in [4.78, 5) is 11.8. The van der Waals surface area contributed by atoms with E-state index in [1.807, 2.05) is 12.1 Å². The topological polar surface area (TPSA) is 84.6 Å². The Kier molecular flexibility index (Phi) is 5.17. The molecule has 0 fully saturated rings. The Hall–Kier alpha value is -2.53. The molecule has 2 rings (SSSR count). The first-order valence-electron chi connectivity index (χ1n) is 6.65. The van der Waals surface area contributed by atoms with Crippen LogP contribution >= 0.6 is 0 Å². The Morgan fingerprint density at radius 1 is 1.19 bits per heavy atom. The van der Waals surface area contributed by atoms with Crippen molar-refractivity contribution in [1.82, 2.24) is 0 Å². The zero-order valence-corrected chi connectivity index (χ0v) is 11.6. The van der Waals surface area contributed by atoms with Gasteiger partial charge in [0.15, 0.2) is 6.61 Å². The molecule has 0 aliphatic carbocycles. The van der Waals surface area contributed by atoms with E-state index in [0.717, 1.165) is 5.56 Å². The monoisotopic (exact) mass is 286 g/mol. The van der Waals surface area contributed by atoms with E-state index in [2.05, 4.69) is 5.32 Å². The van der Waals surface area contributed by atoms with Crippen molar-refractivity contribution < 1.29 is 14.6 Å². The number of anilines is 2. The van der Waals surface area contributed by atoms with Crippen molar-refractivity contribution >= 4 is 17.3 Å². The molecule has 0 radical (unpaired) electrons. The van der Waals surface area contributed by atoms with Crippen LogP contribution in [0.15, 0.2) is 48.5 Å². The molecule has 0 bridgehead atoms. The van der Waals surface area contributed by atoms with E-state index in [9.17, 15) is 4.79 Å². The highest BCUT2D eigenvalue weighted by Gasteiger charge is 2.04. The molecule has 0 aromatic heterocycles. The molecule has 0 saturated carbocycles. The second-order valence-electron chi connectivity index (χ2n) is 4.58. The number of ether oxygens (including phenoxy) is 1. The van der Waals surface area contributed by atoms with Gasteiger partial charge in [0.25, 0.3) is 5.91 Å². The van der Waals surface area contributed by atoms with Crippen molar-refractivity contribution in [3.8, 4) is 5.75 Å². The quantitative estimate of drug-likeness (QED) is 0.707. The fraction of sp³-hybridized carbons (Fsp3) is 0.188. The predicted molar refractivity (Wildman–Crippen MR) is 82.2 cm³/mol. The van der Waals surface area contributed by atoms with Gasteiger partial charge in [0.05, 0.1) is 0 Å². The summed E-state index contributed by atoms with van der Waals surface area (Å²) in [5.74, 6) is 0.316. The van der Waals surface area contributed by atoms with Crippen molar-refractivity contribution in [3.05, 3.63) is 54.1 Å². The summed E-state index contributed by atoms with van der Waals surface area (Å²) >= 11 is 0. The Morgan fingerprint density at radius 3 is 2.62 bits per heavy atom. The van der Waals surface area contributed by atoms with Gasteiger partial charge in [-0.15, -0.1) is 0 Å². The number of rotatable bonds is 6. The van der Waals surface area contributed by atoms with Gasteiger partial charge in [0.2, 0.25) is 0 Å². The Balaban J connectivity index is 1.84. The van der Waals surface area contributed by atoms with Gasteiger partial charge < -0.3 is 20.9 Å². The molecule has 0 aliphatic heterocycles. The summed E-state index contributed by atoms with van der Waals surface area (Å²) in [7, 11) is 0. The Bertz CT molecular complexity index is 597. The molecule has 0 heterocycles. The molecule has 2 aromatic carbocycles. The van der Waals surface area contributed by atoms with Crippen LogP contribution in [0.1, 0.15) is 5.56 Å². The summed E-state index contributed by atoms with van der Waals surface area (Å²) < 4.78 is 5.36. The highest BCUT2D eigenvalue weighted by atomic mass is 16.5.